The van der Waals surface area contributed by atoms with Gasteiger partial charge in [-0.05, 0) is 35.4 Å². The number of rotatable bonds is 8. The largest absolute Gasteiger partial charge is 0.567 e. The fraction of sp³-hybridized carbons (Fsp3) is 0.316. The molecule has 178 valence electrons. The van der Waals surface area contributed by atoms with Gasteiger partial charge in [0, 0.05) is 0 Å². The molecular weight excluding hydrogens is 481 g/mol. The van der Waals surface area contributed by atoms with Crippen molar-refractivity contribution in [3.05, 3.63) is 53.1 Å². The van der Waals surface area contributed by atoms with Crippen LogP contribution in [-0.4, -0.2) is 52.6 Å². The highest BCUT2D eigenvalue weighted by Gasteiger charge is 2.46. The molecule has 33 heavy (non-hydrogen) atoms. The fourth-order valence-corrected chi connectivity index (χ4v) is 3.84. The van der Waals surface area contributed by atoms with Gasteiger partial charge >= 0.3 is 7.82 Å². The average molecular weight is 504 g/mol. The van der Waals surface area contributed by atoms with Gasteiger partial charge in [0.05, 0.1) is 23.3 Å². The molecule has 0 bridgehead atoms. The highest BCUT2D eigenvalue weighted by Crippen LogP contribution is 2.44. The lowest BCUT2D eigenvalue weighted by molar-refractivity contribution is -0.683. The molecule has 1 heterocycles. The van der Waals surface area contributed by atoms with Crippen LogP contribution in [0.4, 0.5) is 0 Å². The molecule has 12 nitrogen and oxygen atoms in total. The monoisotopic (exact) mass is 503 g/mol. The van der Waals surface area contributed by atoms with E-state index in [1.54, 1.807) is 36.4 Å². The van der Waals surface area contributed by atoms with E-state index in [0.29, 0.717) is 5.56 Å². The van der Waals surface area contributed by atoms with Gasteiger partial charge in [0.1, 0.15) is 30.2 Å². The summed E-state index contributed by atoms with van der Waals surface area (Å²) in [5.41, 5.74) is 2.09. The molecule has 0 radical (unpaired) electrons. The number of aliphatic hydroxyl groups excluding tert-OH is 3. The van der Waals surface area contributed by atoms with Crippen molar-refractivity contribution in [3.8, 4) is 22.9 Å². The van der Waals surface area contributed by atoms with Gasteiger partial charge in [-0.15, -0.1) is 0 Å². The van der Waals surface area contributed by atoms with Crippen LogP contribution in [0.15, 0.2) is 42.5 Å². The molecule has 0 aliphatic carbocycles. The van der Waals surface area contributed by atoms with Crippen LogP contribution >= 0.6 is 19.4 Å². The molecule has 1 aliphatic heterocycles. The van der Waals surface area contributed by atoms with E-state index in [1.807, 2.05) is 6.07 Å². The summed E-state index contributed by atoms with van der Waals surface area (Å²) in [5, 5.41) is 39.7. The van der Waals surface area contributed by atoms with Gasteiger partial charge in [-0.1, -0.05) is 39.0 Å². The summed E-state index contributed by atoms with van der Waals surface area (Å²) in [6.07, 6.45) is -7.63. The van der Waals surface area contributed by atoms with Crippen LogP contribution in [0.25, 0.3) is 11.1 Å². The SMILES string of the molecule is N#Cc1ccc(-c2ccc(O[C@H]3O[C@H](COP(=O)(O[NH3+])O[NH3+])[C@@H](O)[C@H](O)[C@@H]3O)c(Cl)c2)cc1. The van der Waals surface area contributed by atoms with Gasteiger partial charge < -0.3 is 24.8 Å². The van der Waals surface area contributed by atoms with Crippen molar-refractivity contribution in [2.45, 2.75) is 30.7 Å². The maximum absolute atomic E-state index is 11.9. The summed E-state index contributed by atoms with van der Waals surface area (Å²) in [6, 6.07) is 13.8. The van der Waals surface area contributed by atoms with Crippen molar-refractivity contribution in [3.63, 3.8) is 0 Å². The molecule has 1 fully saturated rings. The summed E-state index contributed by atoms with van der Waals surface area (Å²) < 4.78 is 36.7. The average Bonchev–Trinajstić information content (AvgIpc) is 2.84. The van der Waals surface area contributed by atoms with Crippen LogP contribution in [-0.2, 0) is 23.1 Å². The van der Waals surface area contributed by atoms with E-state index in [2.05, 4.69) is 21.0 Å². The highest BCUT2D eigenvalue weighted by molar-refractivity contribution is 7.48. The Hall–Kier alpha value is -2.11. The number of ether oxygens (including phenoxy) is 2. The van der Waals surface area contributed by atoms with Crippen molar-refractivity contribution in [2.75, 3.05) is 6.61 Å². The molecule has 3 rings (SSSR count). The third-order valence-corrected chi connectivity index (χ3v) is 6.30. The molecule has 0 unspecified atom stereocenters. The van der Waals surface area contributed by atoms with E-state index in [0.717, 1.165) is 11.1 Å². The molecule has 0 amide bonds. The van der Waals surface area contributed by atoms with Crippen LogP contribution in [0.2, 0.25) is 5.02 Å². The van der Waals surface area contributed by atoms with Gasteiger partial charge in [-0.3, -0.25) is 4.52 Å². The third-order valence-electron chi connectivity index (χ3n) is 4.90. The van der Waals surface area contributed by atoms with Crippen molar-refractivity contribution in [2.24, 2.45) is 0 Å². The lowest BCUT2D eigenvalue weighted by atomic mass is 9.99. The number of benzene rings is 2. The van der Waals surface area contributed by atoms with Gasteiger partial charge in [-0.2, -0.15) is 5.26 Å². The first kappa shape index (κ1) is 25.5. The topological polar surface area (TPSA) is 203 Å². The number of nitriles is 1. The summed E-state index contributed by atoms with van der Waals surface area (Å²) in [6.45, 7) is -0.557. The van der Waals surface area contributed by atoms with E-state index in [1.165, 1.54) is 6.07 Å². The second-order valence-corrected chi connectivity index (χ2v) is 9.04. The molecule has 5 atom stereocenters. The Labute approximate surface area is 193 Å². The Morgan fingerprint density at radius 2 is 1.67 bits per heavy atom. The number of halogens is 1. The Kier molecular flexibility index (Phi) is 8.41. The zero-order valence-electron chi connectivity index (χ0n) is 17.1. The second-order valence-electron chi connectivity index (χ2n) is 6.97. The number of quaternary nitrogens is 2. The normalized spacial score (nSPS) is 25.4. The van der Waals surface area contributed by atoms with E-state index >= 15 is 0 Å². The van der Waals surface area contributed by atoms with E-state index in [4.69, 9.17) is 30.9 Å². The predicted molar refractivity (Wildman–Crippen MR) is 110 cm³/mol. The van der Waals surface area contributed by atoms with Gasteiger partial charge in [0.25, 0.3) is 0 Å². The van der Waals surface area contributed by atoms with Crippen LogP contribution in [0.1, 0.15) is 5.56 Å². The molecule has 9 N–H and O–H groups in total. The van der Waals surface area contributed by atoms with Gasteiger partial charge in [0.2, 0.25) is 6.29 Å². The molecule has 0 saturated carbocycles. The summed E-state index contributed by atoms with van der Waals surface area (Å²) >= 11 is 6.33. The first-order valence-electron chi connectivity index (χ1n) is 9.50. The van der Waals surface area contributed by atoms with Crippen molar-refractivity contribution in [1.29, 1.82) is 5.26 Å². The van der Waals surface area contributed by atoms with Crippen LogP contribution in [0, 0.1) is 11.3 Å². The second kappa shape index (κ2) is 10.9. The summed E-state index contributed by atoms with van der Waals surface area (Å²) in [5.74, 6) is 6.05. The summed E-state index contributed by atoms with van der Waals surface area (Å²) in [4.78, 5) is 0. The van der Waals surface area contributed by atoms with Crippen LogP contribution in [0.5, 0.6) is 5.75 Å². The Bertz CT molecular complexity index is 1040. The molecule has 1 aliphatic rings. The van der Waals surface area contributed by atoms with E-state index in [-0.39, 0.29) is 10.8 Å². The Morgan fingerprint density at radius 3 is 2.24 bits per heavy atom. The molecule has 0 spiro atoms. The number of hydrogen-bond acceptors (Lipinski definition) is 10. The van der Waals surface area contributed by atoms with Crippen molar-refractivity contribution >= 4 is 19.4 Å². The minimum Gasteiger partial charge on any atom is -0.460 e. The van der Waals surface area contributed by atoms with Crippen molar-refractivity contribution in [1.82, 2.24) is 0 Å². The Balaban J connectivity index is 1.74. The standard InChI is InChI=1S/C19H23ClN3O9P/c20-13-7-12(11-3-1-10(8-21)2-4-11)5-6-14(13)29-19-18(26)17(25)16(24)15(30-19)9-28-33(27,31-22)32-23/h1-7,15-19,24-26H,9H2,22-23H3/q+2/t15-,16-,17+,18+,19+/m1/s1. The maximum atomic E-state index is 11.9. The lowest BCUT2D eigenvalue weighted by Gasteiger charge is -2.40. The fourth-order valence-electron chi connectivity index (χ4n) is 3.07. The quantitative estimate of drug-likeness (QED) is 0.231. The highest BCUT2D eigenvalue weighted by atomic mass is 35.5. The summed E-state index contributed by atoms with van der Waals surface area (Å²) in [7, 11) is -4.08. The molecule has 0 aromatic heterocycles. The minimum atomic E-state index is -4.08. The van der Waals surface area contributed by atoms with E-state index in [9.17, 15) is 19.9 Å². The number of phosphoric acid groups is 1. The lowest BCUT2D eigenvalue weighted by Crippen LogP contribution is -2.60. The minimum absolute atomic E-state index is 0.134. The third kappa shape index (κ3) is 5.88. The molecule has 2 aromatic rings. The maximum Gasteiger partial charge on any atom is 0.567 e. The van der Waals surface area contributed by atoms with Gasteiger partial charge in [-0.25, -0.2) is 16.4 Å². The first-order valence-corrected chi connectivity index (χ1v) is 11.3. The molecular formula is C19H23ClN3O9P+2. The number of hydrogen-bond donors (Lipinski definition) is 5. The smallest absolute Gasteiger partial charge is 0.460 e. The van der Waals surface area contributed by atoms with Crippen molar-refractivity contribution < 1.29 is 54.9 Å². The molecule has 14 heteroatoms. The zero-order valence-corrected chi connectivity index (χ0v) is 18.8. The number of aliphatic hydroxyl groups is 3. The zero-order chi connectivity index (χ0) is 24.2. The first-order chi connectivity index (χ1) is 15.7. The molecule has 2 aromatic carbocycles. The van der Waals surface area contributed by atoms with Crippen LogP contribution < -0.4 is 16.5 Å². The van der Waals surface area contributed by atoms with Crippen LogP contribution in [0.3, 0.4) is 0 Å². The Morgan fingerprint density at radius 1 is 1.03 bits per heavy atom. The van der Waals surface area contributed by atoms with E-state index < -0.39 is 45.1 Å². The number of nitrogens with zero attached hydrogens (tertiary/aromatic N) is 1. The molecule has 1 saturated heterocycles. The van der Waals surface area contributed by atoms with Gasteiger partial charge in [0.15, 0.2) is 0 Å². The predicted octanol–water partition coefficient (Wildman–Crippen LogP) is -0.463.